The van der Waals surface area contributed by atoms with Gasteiger partial charge in [-0.1, -0.05) is 26.0 Å². The van der Waals surface area contributed by atoms with Crippen molar-refractivity contribution in [2.45, 2.75) is 19.8 Å². The van der Waals surface area contributed by atoms with Gasteiger partial charge in [0, 0.05) is 16.5 Å². The number of hydrogen-bond donors (Lipinski definition) is 1. The van der Waals surface area contributed by atoms with E-state index < -0.39 is 0 Å². The maximum absolute atomic E-state index is 12.5. The van der Waals surface area contributed by atoms with Crippen LogP contribution in [-0.2, 0) is 0 Å². The molecule has 2 aromatic heterocycles. The van der Waals surface area contributed by atoms with Gasteiger partial charge in [0.25, 0.3) is 5.91 Å². The quantitative estimate of drug-likeness (QED) is 0.532. The Bertz CT molecular complexity index is 1130. The molecule has 0 saturated heterocycles. The molecule has 5 nitrogen and oxygen atoms in total. The average molecular weight is 360 g/mol. The van der Waals surface area contributed by atoms with E-state index in [9.17, 15) is 4.79 Å². The number of carbonyl (C=O) groups excluding carboxylic acids is 1. The lowest BCUT2D eigenvalue weighted by molar-refractivity contribution is 0.0998. The summed E-state index contributed by atoms with van der Waals surface area (Å²) >= 11 is 0. The van der Waals surface area contributed by atoms with Crippen molar-refractivity contribution < 1.29 is 13.9 Å². The minimum absolute atomic E-state index is 0.229. The van der Waals surface area contributed by atoms with E-state index in [4.69, 9.17) is 9.15 Å². The van der Waals surface area contributed by atoms with Crippen LogP contribution >= 0.6 is 0 Å². The van der Waals surface area contributed by atoms with Crippen molar-refractivity contribution in [2.24, 2.45) is 0 Å². The van der Waals surface area contributed by atoms with E-state index in [1.807, 2.05) is 48.5 Å². The zero-order valence-corrected chi connectivity index (χ0v) is 15.4. The summed E-state index contributed by atoms with van der Waals surface area (Å²) in [5, 5.41) is 4.57. The molecule has 0 aliphatic heterocycles. The van der Waals surface area contributed by atoms with Gasteiger partial charge >= 0.3 is 0 Å². The maximum Gasteiger partial charge on any atom is 0.291 e. The number of nitrogens with one attached hydrogen (secondary N) is 1. The fourth-order valence-electron chi connectivity index (χ4n) is 3.00. The van der Waals surface area contributed by atoms with E-state index in [0.717, 1.165) is 27.7 Å². The SMILES string of the molecule is COc1ccc2nc3oc(C(=O)Nc4ccc(C(C)C)cc4)cc3cc2c1. The number of fused-ring (bicyclic) bond motifs is 2. The molecular weight excluding hydrogens is 340 g/mol. The van der Waals surface area contributed by atoms with E-state index in [1.54, 1.807) is 13.2 Å². The highest BCUT2D eigenvalue weighted by atomic mass is 16.5. The average Bonchev–Trinajstić information content (AvgIpc) is 3.09. The van der Waals surface area contributed by atoms with Crippen LogP contribution < -0.4 is 10.1 Å². The lowest BCUT2D eigenvalue weighted by Crippen LogP contribution is -2.10. The van der Waals surface area contributed by atoms with Gasteiger partial charge in [0.15, 0.2) is 5.76 Å². The third-order valence-corrected chi connectivity index (χ3v) is 4.57. The number of hydrogen-bond acceptors (Lipinski definition) is 4. The molecule has 1 amide bonds. The van der Waals surface area contributed by atoms with Gasteiger partial charge in [-0.25, -0.2) is 4.98 Å². The summed E-state index contributed by atoms with van der Waals surface area (Å²) in [4.78, 5) is 17.0. The Morgan fingerprint density at radius 2 is 1.81 bits per heavy atom. The third kappa shape index (κ3) is 3.36. The van der Waals surface area contributed by atoms with Crippen LogP contribution in [0.2, 0.25) is 0 Å². The second kappa shape index (κ2) is 6.76. The molecule has 0 aliphatic carbocycles. The van der Waals surface area contributed by atoms with Crippen molar-refractivity contribution in [3.8, 4) is 5.75 Å². The van der Waals surface area contributed by atoms with Gasteiger partial charge < -0.3 is 14.5 Å². The number of benzene rings is 2. The van der Waals surface area contributed by atoms with Crippen LogP contribution in [0.25, 0.3) is 22.0 Å². The number of furan rings is 1. The smallest absolute Gasteiger partial charge is 0.291 e. The molecule has 27 heavy (non-hydrogen) atoms. The molecule has 0 unspecified atom stereocenters. The molecule has 2 aromatic carbocycles. The number of anilines is 1. The Labute approximate surface area is 157 Å². The first-order valence-corrected chi connectivity index (χ1v) is 8.83. The van der Waals surface area contributed by atoms with Crippen LogP contribution in [0.1, 0.15) is 35.9 Å². The summed E-state index contributed by atoms with van der Waals surface area (Å²) < 4.78 is 10.9. The van der Waals surface area contributed by atoms with Crippen molar-refractivity contribution >= 4 is 33.6 Å². The fraction of sp³-hybridized carbons (Fsp3) is 0.182. The number of nitrogens with zero attached hydrogens (tertiary/aromatic N) is 1. The summed E-state index contributed by atoms with van der Waals surface area (Å²) in [5.74, 6) is 1.14. The van der Waals surface area contributed by atoms with E-state index in [2.05, 4.69) is 24.1 Å². The third-order valence-electron chi connectivity index (χ3n) is 4.57. The summed E-state index contributed by atoms with van der Waals surface area (Å²) in [6.07, 6.45) is 0. The van der Waals surface area contributed by atoms with Crippen molar-refractivity contribution in [1.82, 2.24) is 4.98 Å². The molecule has 2 heterocycles. The molecule has 0 aliphatic rings. The molecule has 0 saturated carbocycles. The number of pyridine rings is 1. The second-order valence-electron chi connectivity index (χ2n) is 6.78. The number of aromatic nitrogens is 1. The number of ether oxygens (including phenoxy) is 1. The monoisotopic (exact) mass is 360 g/mol. The molecule has 0 fully saturated rings. The number of amides is 1. The van der Waals surface area contributed by atoms with Crippen LogP contribution in [0.3, 0.4) is 0 Å². The zero-order chi connectivity index (χ0) is 19.0. The zero-order valence-electron chi connectivity index (χ0n) is 15.4. The Morgan fingerprint density at radius 1 is 1.04 bits per heavy atom. The predicted octanol–water partition coefficient (Wildman–Crippen LogP) is 5.37. The Kier molecular flexibility index (Phi) is 4.28. The van der Waals surface area contributed by atoms with E-state index in [0.29, 0.717) is 11.6 Å². The van der Waals surface area contributed by atoms with Crippen molar-refractivity contribution in [3.05, 3.63) is 65.9 Å². The van der Waals surface area contributed by atoms with Crippen molar-refractivity contribution in [3.63, 3.8) is 0 Å². The predicted molar refractivity (Wildman–Crippen MR) is 107 cm³/mol. The van der Waals surface area contributed by atoms with Gasteiger partial charge in [-0.2, -0.15) is 0 Å². The molecule has 0 atom stereocenters. The normalized spacial score (nSPS) is 11.3. The molecule has 0 spiro atoms. The van der Waals surface area contributed by atoms with Gasteiger partial charge in [0.2, 0.25) is 5.71 Å². The van der Waals surface area contributed by atoms with Crippen LogP contribution in [0, 0.1) is 0 Å². The van der Waals surface area contributed by atoms with Crippen molar-refractivity contribution in [2.75, 3.05) is 12.4 Å². The van der Waals surface area contributed by atoms with E-state index in [1.165, 1.54) is 5.56 Å². The van der Waals surface area contributed by atoms with Crippen LogP contribution in [0.5, 0.6) is 5.75 Å². The van der Waals surface area contributed by atoms with Crippen LogP contribution in [0.4, 0.5) is 5.69 Å². The fourth-order valence-corrected chi connectivity index (χ4v) is 3.00. The van der Waals surface area contributed by atoms with Gasteiger partial charge in [-0.3, -0.25) is 4.79 Å². The molecule has 0 radical (unpaired) electrons. The Balaban J connectivity index is 1.62. The van der Waals surface area contributed by atoms with Gasteiger partial charge in [0.05, 0.1) is 12.6 Å². The summed E-state index contributed by atoms with van der Waals surface area (Å²) in [5.41, 5.74) is 3.18. The highest BCUT2D eigenvalue weighted by molar-refractivity contribution is 6.05. The van der Waals surface area contributed by atoms with E-state index >= 15 is 0 Å². The lowest BCUT2D eigenvalue weighted by Gasteiger charge is -2.07. The Morgan fingerprint density at radius 3 is 2.52 bits per heavy atom. The molecule has 4 rings (SSSR count). The van der Waals surface area contributed by atoms with Gasteiger partial charge in [0.1, 0.15) is 5.75 Å². The van der Waals surface area contributed by atoms with Gasteiger partial charge in [-0.15, -0.1) is 0 Å². The largest absolute Gasteiger partial charge is 0.497 e. The summed E-state index contributed by atoms with van der Waals surface area (Å²) in [6, 6.07) is 17.1. The van der Waals surface area contributed by atoms with Crippen LogP contribution in [0.15, 0.2) is 59.0 Å². The molecular formula is C22H20N2O3. The highest BCUT2D eigenvalue weighted by Gasteiger charge is 2.14. The first-order valence-electron chi connectivity index (χ1n) is 8.83. The first kappa shape index (κ1) is 17.1. The summed E-state index contributed by atoms with van der Waals surface area (Å²) in [6.45, 7) is 4.27. The lowest BCUT2D eigenvalue weighted by atomic mass is 10.0. The summed E-state index contributed by atoms with van der Waals surface area (Å²) in [7, 11) is 1.63. The molecule has 4 aromatic rings. The minimum Gasteiger partial charge on any atom is -0.497 e. The number of carbonyl (C=O) groups is 1. The van der Waals surface area contributed by atoms with Gasteiger partial charge in [-0.05, 0) is 53.9 Å². The topological polar surface area (TPSA) is 64.4 Å². The molecule has 1 N–H and O–H groups in total. The maximum atomic E-state index is 12.5. The van der Waals surface area contributed by atoms with E-state index in [-0.39, 0.29) is 11.7 Å². The first-order chi connectivity index (χ1) is 13.0. The number of methoxy groups -OCH3 is 1. The Hall–Kier alpha value is -3.34. The molecule has 0 bridgehead atoms. The highest BCUT2D eigenvalue weighted by Crippen LogP contribution is 2.26. The molecule has 136 valence electrons. The van der Waals surface area contributed by atoms with Crippen LogP contribution in [-0.4, -0.2) is 18.0 Å². The standard InChI is InChI=1S/C22H20N2O3/c1-13(2)14-4-6-17(7-5-14)23-21(25)20-12-16-10-15-11-18(26-3)8-9-19(15)24-22(16)27-20/h4-13H,1-3H3,(H,23,25). The van der Waals surface area contributed by atoms with Crippen molar-refractivity contribution in [1.29, 1.82) is 0 Å². The molecule has 5 heteroatoms. The second-order valence-corrected chi connectivity index (χ2v) is 6.78. The number of rotatable bonds is 4. The minimum atomic E-state index is -0.299.